The first-order chi connectivity index (χ1) is 9.11. The summed E-state index contributed by atoms with van der Waals surface area (Å²) >= 11 is 0. The van der Waals surface area contributed by atoms with Gasteiger partial charge in [0.05, 0.1) is 0 Å². The molecule has 0 saturated carbocycles. The molecule has 1 saturated heterocycles. The first kappa shape index (κ1) is 13.3. The minimum atomic E-state index is -0.248. The van der Waals surface area contributed by atoms with Crippen LogP contribution in [0.15, 0.2) is 30.9 Å². The van der Waals surface area contributed by atoms with E-state index in [2.05, 4.69) is 11.9 Å². The molecule has 4 nitrogen and oxygen atoms in total. The Morgan fingerprint density at radius 1 is 1.32 bits per heavy atom. The highest BCUT2D eigenvalue weighted by Crippen LogP contribution is 2.19. The van der Waals surface area contributed by atoms with Gasteiger partial charge in [-0.1, -0.05) is 6.58 Å². The molecule has 1 heterocycles. The number of carbonyl (C=O) groups is 2. The predicted molar refractivity (Wildman–Crippen MR) is 75.1 cm³/mol. The summed E-state index contributed by atoms with van der Waals surface area (Å²) in [6.07, 6.45) is 3.39. The van der Waals surface area contributed by atoms with Crippen LogP contribution >= 0.6 is 0 Å². The summed E-state index contributed by atoms with van der Waals surface area (Å²) in [6, 6.07) is 5.34. The lowest BCUT2D eigenvalue weighted by atomic mass is 10.1. The van der Waals surface area contributed by atoms with Crippen LogP contribution in [-0.2, 0) is 4.79 Å². The summed E-state index contributed by atoms with van der Waals surface area (Å²) in [6.45, 7) is 6.97. The largest absolute Gasteiger partial charge is 0.339 e. The predicted octanol–water partition coefficient (Wildman–Crippen LogP) is 2.36. The molecule has 0 unspecified atom stereocenters. The van der Waals surface area contributed by atoms with E-state index in [9.17, 15) is 9.59 Å². The SMILES string of the molecule is C=CC(=O)Nc1ccc(C(=O)N2CCCC2)cc1C. The van der Waals surface area contributed by atoms with Gasteiger partial charge in [-0.15, -0.1) is 0 Å². The van der Waals surface area contributed by atoms with Gasteiger partial charge in [-0.25, -0.2) is 0 Å². The summed E-state index contributed by atoms with van der Waals surface area (Å²) in [7, 11) is 0. The first-order valence-corrected chi connectivity index (χ1v) is 6.45. The van der Waals surface area contributed by atoms with E-state index in [1.807, 2.05) is 17.9 Å². The highest BCUT2D eigenvalue weighted by Gasteiger charge is 2.19. The number of rotatable bonds is 3. The number of likely N-dealkylation sites (tertiary alicyclic amines) is 1. The molecule has 1 aliphatic rings. The molecule has 0 radical (unpaired) electrons. The molecule has 0 aromatic heterocycles. The third kappa shape index (κ3) is 3.02. The molecule has 0 spiro atoms. The van der Waals surface area contributed by atoms with Crippen molar-refractivity contribution in [3.8, 4) is 0 Å². The average molecular weight is 258 g/mol. The second-order valence-electron chi connectivity index (χ2n) is 4.72. The van der Waals surface area contributed by atoms with Crippen LogP contribution in [0.1, 0.15) is 28.8 Å². The van der Waals surface area contributed by atoms with E-state index in [0.717, 1.165) is 31.5 Å². The van der Waals surface area contributed by atoms with Crippen LogP contribution in [0.3, 0.4) is 0 Å². The maximum Gasteiger partial charge on any atom is 0.253 e. The third-order valence-electron chi connectivity index (χ3n) is 3.31. The number of nitrogens with zero attached hydrogens (tertiary/aromatic N) is 1. The molecule has 0 aliphatic carbocycles. The summed E-state index contributed by atoms with van der Waals surface area (Å²) in [5.41, 5.74) is 2.26. The van der Waals surface area contributed by atoms with Gasteiger partial charge in [0.2, 0.25) is 5.91 Å². The second kappa shape index (κ2) is 5.69. The molecule has 100 valence electrons. The number of amides is 2. The van der Waals surface area contributed by atoms with Gasteiger partial charge in [0.15, 0.2) is 0 Å². The van der Waals surface area contributed by atoms with E-state index in [-0.39, 0.29) is 11.8 Å². The fourth-order valence-corrected chi connectivity index (χ4v) is 2.22. The van der Waals surface area contributed by atoms with Gasteiger partial charge in [0.1, 0.15) is 0 Å². The van der Waals surface area contributed by atoms with E-state index in [0.29, 0.717) is 11.3 Å². The molecule has 1 fully saturated rings. The van der Waals surface area contributed by atoms with E-state index >= 15 is 0 Å². The Morgan fingerprint density at radius 3 is 2.58 bits per heavy atom. The summed E-state index contributed by atoms with van der Waals surface area (Å²) in [4.78, 5) is 25.3. The van der Waals surface area contributed by atoms with Crippen LogP contribution in [-0.4, -0.2) is 29.8 Å². The Kier molecular flexibility index (Phi) is 4.00. The molecular formula is C15H18N2O2. The smallest absolute Gasteiger partial charge is 0.253 e. The molecule has 2 rings (SSSR count). The number of benzene rings is 1. The molecule has 19 heavy (non-hydrogen) atoms. The monoisotopic (exact) mass is 258 g/mol. The lowest BCUT2D eigenvalue weighted by Gasteiger charge is -2.16. The number of aryl methyl sites for hydroxylation is 1. The van der Waals surface area contributed by atoms with E-state index in [1.165, 1.54) is 6.08 Å². The Bertz CT molecular complexity index is 517. The molecule has 4 heteroatoms. The van der Waals surface area contributed by atoms with E-state index < -0.39 is 0 Å². The van der Waals surface area contributed by atoms with Gasteiger partial charge in [-0.3, -0.25) is 9.59 Å². The van der Waals surface area contributed by atoms with Gasteiger partial charge in [-0.05, 0) is 49.6 Å². The fourth-order valence-electron chi connectivity index (χ4n) is 2.22. The van der Waals surface area contributed by atoms with E-state index in [1.54, 1.807) is 12.1 Å². The van der Waals surface area contributed by atoms with Crippen LogP contribution < -0.4 is 5.32 Å². The molecule has 1 aromatic carbocycles. The topological polar surface area (TPSA) is 49.4 Å². The van der Waals surface area contributed by atoms with Crippen LogP contribution in [0.4, 0.5) is 5.69 Å². The Balaban J connectivity index is 2.15. The van der Waals surface area contributed by atoms with Gasteiger partial charge >= 0.3 is 0 Å². The zero-order valence-corrected chi connectivity index (χ0v) is 11.1. The fraction of sp³-hybridized carbons (Fsp3) is 0.333. The number of anilines is 1. The van der Waals surface area contributed by atoms with Crippen molar-refractivity contribution in [3.05, 3.63) is 42.0 Å². The number of carbonyl (C=O) groups excluding carboxylic acids is 2. The second-order valence-corrected chi connectivity index (χ2v) is 4.72. The van der Waals surface area contributed by atoms with Crippen LogP contribution in [0.2, 0.25) is 0 Å². The van der Waals surface area contributed by atoms with Crippen molar-refractivity contribution in [1.29, 1.82) is 0 Å². The lowest BCUT2D eigenvalue weighted by molar-refractivity contribution is -0.111. The van der Waals surface area contributed by atoms with Crippen molar-refractivity contribution in [2.24, 2.45) is 0 Å². The molecule has 1 aliphatic heterocycles. The molecule has 0 atom stereocenters. The highest BCUT2D eigenvalue weighted by molar-refractivity contribution is 6.00. The molecule has 2 amide bonds. The molecule has 1 N–H and O–H groups in total. The van der Waals surface area contributed by atoms with Crippen molar-refractivity contribution < 1.29 is 9.59 Å². The van der Waals surface area contributed by atoms with Crippen molar-refractivity contribution in [1.82, 2.24) is 4.90 Å². The zero-order chi connectivity index (χ0) is 13.8. The summed E-state index contributed by atoms with van der Waals surface area (Å²) in [5, 5.41) is 2.71. The quantitative estimate of drug-likeness (QED) is 0.846. The number of hydrogen-bond acceptors (Lipinski definition) is 2. The van der Waals surface area contributed by atoms with Crippen LogP contribution in [0, 0.1) is 6.92 Å². The van der Waals surface area contributed by atoms with Crippen LogP contribution in [0.25, 0.3) is 0 Å². The van der Waals surface area contributed by atoms with Crippen molar-refractivity contribution in [3.63, 3.8) is 0 Å². The molecule has 1 aromatic rings. The Hall–Kier alpha value is -2.10. The van der Waals surface area contributed by atoms with Crippen molar-refractivity contribution in [2.75, 3.05) is 18.4 Å². The zero-order valence-electron chi connectivity index (χ0n) is 11.1. The Morgan fingerprint density at radius 2 is 2.00 bits per heavy atom. The van der Waals surface area contributed by atoms with Gasteiger partial charge in [0, 0.05) is 24.3 Å². The average Bonchev–Trinajstić information content (AvgIpc) is 2.94. The van der Waals surface area contributed by atoms with Gasteiger partial charge in [0.25, 0.3) is 5.91 Å². The van der Waals surface area contributed by atoms with Gasteiger partial charge in [-0.2, -0.15) is 0 Å². The molecule has 0 bridgehead atoms. The normalized spacial score (nSPS) is 14.3. The maximum atomic E-state index is 12.2. The standard InChI is InChI=1S/C15H18N2O2/c1-3-14(18)16-13-7-6-12(10-11(13)2)15(19)17-8-4-5-9-17/h3,6-7,10H,1,4-5,8-9H2,2H3,(H,16,18). The molecular weight excluding hydrogens is 240 g/mol. The summed E-state index contributed by atoms with van der Waals surface area (Å²) in [5.74, 6) is -0.177. The van der Waals surface area contributed by atoms with Crippen LogP contribution in [0.5, 0.6) is 0 Å². The van der Waals surface area contributed by atoms with Gasteiger partial charge < -0.3 is 10.2 Å². The lowest BCUT2D eigenvalue weighted by Crippen LogP contribution is -2.27. The minimum Gasteiger partial charge on any atom is -0.339 e. The Labute approximate surface area is 113 Å². The minimum absolute atomic E-state index is 0.0715. The summed E-state index contributed by atoms with van der Waals surface area (Å²) < 4.78 is 0. The maximum absolute atomic E-state index is 12.2. The van der Waals surface area contributed by atoms with Crippen molar-refractivity contribution >= 4 is 17.5 Å². The number of hydrogen-bond donors (Lipinski definition) is 1. The van der Waals surface area contributed by atoms with Crippen molar-refractivity contribution in [2.45, 2.75) is 19.8 Å². The third-order valence-corrected chi connectivity index (χ3v) is 3.31. The highest BCUT2D eigenvalue weighted by atomic mass is 16.2. The number of nitrogens with one attached hydrogen (secondary N) is 1. The first-order valence-electron chi connectivity index (χ1n) is 6.45. The van der Waals surface area contributed by atoms with E-state index in [4.69, 9.17) is 0 Å².